The molecule has 41 heavy (non-hydrogen) atoms. The fraction of sp³-hybridized carbons (Fsp3) is 0.280. The van der Waals surface area contributed by atoms with Crippen molar-refractivity contribution in [2.45, 2.75) is 44.3 Å². The number of alkyl halides is 3. The Labute approximate surface area is 229 Å². The fourth-order valence-corrected chi connectivity index (χ4v) is 3.61. The van der Waals surface area contributed by atoms with E-state index < -0.39 is 48.4 Å². The van der Waals surface area contributed by atoms with Gasteiger partial charge >= 0.3 is 30.1 Å². The van der Waals surface area contributed by atoms with E-state index in [1.165, 1.54) is 0 Å². The van der Waals surface area contributed by atoms with Crippen LogP contribution in [0.1, 0.15) is 39.9 Å². The average Bonchev–Trinajstić information content (AvgIpc) is 2.84. The normalized spacial score (nSPS) is 12.9. The van der Waals surface area contributed by atoms with Crippen LogP contribution < -0.4 is 21.1 Å². The molecule has 8 N–H and O–H groups in total. The molecule has 0 fully saturated rings. The van der Waals surface area contributed by atoms with Crippen molar-refractivity contribution in [1.82, 2.24) is 5.32 Å². The minimum atomic E-state index is -5.08. The standard InChI is InChI=1S/C23H24N4O7.C2HF3O2/c24-23(25)26-15-6-7-16-14(10-15)5-4-13-3-1-12(9-18(13)34-22(16)33)2-8-19(28)27-17(21(31)32)11-20(29)30;3-2(4,5)1(6)7/h1,3,6-7,9-10,17H,2,4-5,8,11H2,(H,27,28)(H,29,30)(H,31,32)(H4,24,25,26);(H,6,7). The lowest BCUT2D eigenvalue weighted by Crippen LogP contribution is -2.42. The van der Waals surface area contributed by atoms with Gasteiger partial charge in [0.2, 0.25) is 5.91 Å². The maximum absolute atomic E-state index is 12.7. The zero-order chi connectivity index (χ0) is 30.9. The van der Waals surface area contributed by atoms with Crippen LogP contribution in [0.2, 0.25) is 0 Å². The van der Waals surface area contributed by atoms with E-state index in [1.807, 2.05) is 6.07 Å². The molecular weight excluding hydrogens is 557 g/mol. The molecule has 16 heteroatoms. The van der Waals surface area contributed by atoms with E-state index in [0.717, 1.165) is 11.1 Å². The summed E-state index contributed by atoms with van der Waals surface area (Å²) in [6.45, 7) is 0. The lowest BCUT2D eigenvalue weighted by atomic mass is 9.96. The highest BCUT2D eigenvalue weighted by Crippen LogP contribution is 2.29. The predicted octanol–water partition coefficient (Wildman–Crippen LogP) is 1.92. The summed E-state index contributed by atoms with van der Waals surface area (Å²) < 4.78 is 37.3. The minimum Gasteiger partial charge on any atom is -0.481 e. The van der Waals surface area contributed by atoms with Crippen molar-refractivity contribution < 1.29 is 57.2 Å². The third kappa shape index (κ3) is 10.2. The van der Waals surface area contributed by atoms with E-state index in [1.54, 1.807) is 30.3 Å². The first-order valence-corrected chi connectivity index (χ1v) is 11.7. The van der Waals surface area contributed by atoms with E-state index in [-0.39, 0.29) is 18.8 Å². The molecule has 0 saturated carbocycles. The van der Waals surface area contributed by atoms with Crippen LogP contribution in [0, 0.1) is 5.41 Å². The molecule has 0 saturated heterocycles. The molecule has 1 heterocycles. The average molecular weight is 582 g/mol. The Morgan fingerprint density at radius 3 is 2.22 bits per heavy atom. The number of aliphatic carboxylic acids is 3. The molecule has 0 radical (unpaired) electrons. The number of hydrogen-bond donors (Lipinski definition) is 7. The number of aryl methyl sites for hydroxylation is 3. The van der Waals surface area contributed by atoms with Gasteiger partial charge in [-0.2, -0.15) is 13.2 Å². The summed E-state index contributed by atoms with van der Waals surface area (Å²) in [5.41, 5.74) is 8.64. The first-order valence-electron chi connectivity index (χ1n) is 11.7. The summed E-state index contributed by atoms with van der Waals surface area (Å²) in [6.07, 6.45) is -4.47. The van der Waals surface area contributed by atoms with Crippen LogP contribution in [-0.4, -0.2) is 63.3 Å². The molecule has 1 unspecified atom stereocenters. The van der Waals surface area contributed by atoms with Crippen LogP contribution in [0.15, 0.2) is 36.4 Å². The Hall–Kier alpha value is -5.15. The molecule has 1 aliphatic rings. The van der Waals surface area contributed by atoms with Gasteiger partial charge in [-0.1, -0.05) is 12.1 Å². The molecule has 1 aliphatic heterocycles. The van der Waals surface area contributed by atoms with Gasteiger partial charge < -0.3 is 36.4 Å². The fourth-order valence-electron chi connectivity index (χ4n) is 3.61. The number of fused-ring (bicyclic) bond motifs is 2. The largest absolute Gasteiger partial charge is 0.490 e. The van der Waals surface area contributed by atoms with E-state index >= 15 is 0 Å². The van der Waals surface area contributed by atoms with E-state index in [9.17, 15) is 32.3 Å². The molecule has 0 aliphatic carbocycles. The monoisotopic (exact) mass is 582 g/mol. The predicted molar refractivity (Wildman–Crippen MR) is 135 cm³/mol. The second-order valence-electron chi connectivity index (χ2n) is 8.60. The number of carbonyl (C=O) groups excluding carboxylic acids is 2. The van der Waals surface area contributed by atoms with Gasteiger partial charge in [-0.05, 0) is 60.2 Å². The van der Waals surface area contributed by atoms with Gasteiger partial charge in [-0.15, -0.1) is 0 Å². The molecule has 13 nitrogen and oxygen atoms in total. The summed E-state index contributed by atoms with van der Waals surface area (Å²) in [5, 5.41) is 37.2. The maximum atomic E-state index is 12.7. The lowest BCUT2D eigenvalue weighted by Gasteiger charge is -2.18. The molecule has 0 aromatic heterocycles. The number of rotatable bonds is 8. The molecule has 2 aromatic carbocycles. The quantitative estimate of drug-likeness (QED) is 0.103. The maximum Gasteiger partial charge on any atom is 0.490 e. The van der Waals surface area contributed by atoms with Gasteiger partial charge in [0.1, 0.15) is 11.8 Å². The van der Waals surface area contributed by atoms with Crippen LogP contribution in [0.25, 0.3) is 0 Å². The Morgan fingerprint density at radius 2 is 1.66 bits per heavy atom. The number of anilines is 1. The Morgan fingerprint density at radius 1 is 1.02 bits per heavy atom. The Kier molecular flexibility index (Phi) is 10.8. The van der Waals surface area contributed by atoms with Crippen molar-refractivity contribution in [3.05, 3.63) is 58.7 Å². The highest BCUT2D eigenvalue weighted by molar-refractivity contribution is 5.95. The molecule has 3 rings (SSSR count). The summed E-state index contributed by atoms with van der Waals surface area (Å²) in [5.74, 6) is -6.46. The highest BCUT2D eigenvalue weighted by atomic mass is 19.4. The summed E-state index contributed by atoms with van der Waals surface area (Å²) in [4.78, 5) is 55.6. The third-order valence-corrected chi connectivity index (χ3v) is 5.50. The van der Waals surface area contributed by atoms with Crippen LogP contribution in [0.5, 0.6) is 5.75 Å². The highest BCUT2D eigenvalue weighted by Gasteiger charge is 2.38. The number of ether oxygens (including phenoxy) is 1. The zero-order valence-corrected chi connectivity index (χ0v) is 21.1. The minimum absolute atomic E-state index is 0.0646. The third-order valence-electron chi connectivity index (χ3n) is 5.50. The van der Waals surface area contributed by atoms with Gasteiger partial charge in [-0.25, -0.2) is 14.4 Å². The van der Waals surface area contributed by atoms with Gasteiger partial charge in [0, 0.05) is 12.1 Å². The topological polar surface area (TPSA) is 229 Å². The van der Waals surface area contributed by atoms with Gasteiger partial charge in [0.25, 0.3) is 0 Å². The second-order valence-corrected chi connectivity index (χ2v) is 8.60. The van der Waals surface area contributed by atoms with E-state index in [4.69, 9.17) is 36.0 Å². The Balaban J connectivity index is 0.000000745. The van der Waals surface area contributed by atoms with Crippen LogP contribution >= 0.6 is 0 Å². The number of nitrogens with two attached hydrogens (primary N) is 1. The second kappa shape index (κ2) is 13.8. The van der Waals surface area contributed by atoms with Gasteiger partial charge in [0.15, 0.2) is 5.96 Å². The van der Waals surface area contributed by atoms with Crippen LogP contribution in [0.4, 0.5) is 18.9 Å². The first-order chi connectivity index (χ1) is 19.1. The van der Waals surface area contributed by atoms with E-state index in [0.29, 0.717) is 35.4 Å². The van der Waals surface area contributed by atoms with Crippen LogP contribution in [-0.2, 0) is 38.4 Å². The number of guanidine groups is 1. The number of benzene rings is 2. The number of carbonyl (C=O) groups is 5. The molecule has 1 atom stereocenters. The number of hydrogen-bond acceptors (Lipinski definition) is 7. The molecule has 0 bridgehead atoms. The number of carboxylic acids is 3. The van der Waals surface area contributed by atoms with Crippen molar-refractivity contribution in [2.24, 2.45) is 5.73 Å². The smallest absolute Gasteiger partial charge is 0.481 e. The lowest BCUT2D eigenvalue weighted by molar-refractivity contribution is -0.192. The molecular formula is C25H25F3N4O9. The first kappa shape index (κ1) is 32.1. The Bertz CT molecular complexity index is 1360. The van der Waals surface area contributed by atoms with E-state index in [2.05, 4.69) is 10.6 Å². The van der Waals surface area contributed by atoms with Gasteiger partial charge in [0.05, 0.1) is 12.0 Å². The number of halogens is 3. The molecule has 2 aromatic rings. The summed E-state index contributed by atoms with van der Waals surface area (Å²) >= 11 is 0. The zero-order valence-electron chi connectivity index (χ0n) is 21.1. The molecule has 220 valence electrons. The number of nitrogens with one attached hydrogen (secondary N) is 3. The van der Waals surface area contributed by atoms with Crippen molar-refractivity contribution >= 4 is 41.4 Å². The SMILES string of the molecule is N=C(N)Nc1ccc2c(c1)CCc1ccc(CCC(=O)NC(CC(=O)O)C(=O)O)cc1OC2=O.O=C(O)C(F)(F)F. The summed E-state index contributed by atoms with van der Waals surface area (Å²) in [6, 6.07) is 8.76. The van der Waals surface area contributed by atoms with Crippen LogP contribution in [0.3, 0.4) is 0 Å². The molecule has 1 amide bonds. The summed E-state index contributed by atoms with van der Waals surface area (Å²) in [7, 11) is 0. The number of amides is 1. The number of esters is 1. The van der Waals surface area contributed by atoms with Gasteiger partial charge in [-0.3, -0.25) is 15.0 Å². The van der Waals surface area contributed by atoms with Crippen molar-refractivity contribution in [2.75, 3.05) is 5.32 Å². The molecule has 0 spiro atoms. The van der Waals surface area contributed by atoms with Crippen molar-refractivity contribution in [3.63, 3.8) is 0 Å². The van der Waals surface area contributed by atoms with Crippen molar-refractivity contribution in [1.29, 1.82) is 5.41 Å². The number of carboxylic acid groups (broad SMARTS) is 3. The van der Waals surface area contributed by atoms with Crippen molar-refractivity contribution in [3.8, 4) is 5.75 Å².